The Balaban J connectivity index is 3.04. The fourth-order valence-corrected chi connectivity index (χ4v) is 1.59. The van der Waals surface area contributed by atoms with Gasteiger partial charge in [-0.3, -0.25) is 0 Å². The van der Waals surface area contributed by atoms with E-state index in [4.69, 9.17) is 17.3 Å². The standard InChI is InChI=1S/C7H10N2OS2/c1-5-6(7(11)12)9(2-3-10)4-8-5/h4,10H,2-3H2,1H3,(H,11,12). The molecule has 0 fully saturated rings. The van der Waals surface area contributed by atoms with Crippen molar-refractivity contribution >= 4 is 29.0 Å². The number of aliphatic hydroxyl groups is 1. The predicted molar refractivity (Wildman–Crippen MR) is 54.7 cm³/mol. The van der Waals surface area contributed by atoms with E-state index in [-0.39, 0.29) is 6.61 Å². The van der Waals surface area contributed by atoms with E-state index in [0.29, 0.717) is 10.7 Å². The summed E-state index contributed by atoms with van der Waals surface area (Å²) in [5.74, 6) is 0. The highest BCUT2D eigenvalue weighted by atomic mass is 32.1. The van der Waals surface area contributed by atoms with Crippen LogP contribution in [0.3, 0.4) is 0 Å². The Bertz CT molecular complexity index is 296. The zero-order valence-electron chi connectivity index (χ0n) is 6.69. The molecule has 0 aliphatic rings. The molecule has 0 unspecified atom stereocenters. The highest BCUT2D eigenvalue weighted by Crippen LogP contribution is 2.10. The summed E-state index contributed by atoms with van der Waals surface area (Å²) in [6.45, 7) is 2.46. The van der Waals surface area contributed by atoms with E-state index < -0.39 is 0 Å². The van der Waals surface area contributed by atoms with Crippen molar-refractivity contribution in [3.05, 3.63) is 17.7 Å². The van der Waals surface area contributed by atoms with E-state index in [1.165, 1.54) is 0 Å². The van der Waals surface area contributed by atoms with Crippen molar-refractivity contribution in [2.75, 3.05) is 6.61 Å². The summed E-state index contributed by atoms with van der Waals surface area (Å²) in [7, 11) is 0. The van der Waals surface area contributed by atoms with Crippen molar-refractivity contribution in [3.63, 3.8) is 0 Å². The van der Waals surface area contributed by atoms with Crippen molar-refractivity contribution in [2.45, 2.75) is 13.5 Å². The van der Waals surface area contributed by atoms with Crippen molar-refractivity contribution in [3.8, 4) is 0 Å². The van der Waals surface area contributed by atoms with Crippen LogP contribution in [0.15, 0.2) is 6.33 Å². The van der Waals surface area contributed by atoms with Crippen LogP contribution in [0.2, 0.25) is 0 Å². The van der Waals surface area contributed by atoms with Crippen LogP contribution in [-0.4, -0.2) is 25.5 Å². The molecule has 1 heterocycles. The summed E-state index contributed by atoms with van der Waals surface area (Å²) in [6.07, 6.45) is 1.66. The molecule has 1 aromatic rings. The molecule has 0 aromatic carbocycles. The van der Waals surface area contributed by atoms with Crippen LogP contribution in [0.5, 0.6) is 0 Å². The van der Waals surface area contributed by atoms with Gasteiger partial charge in [-0.05, 0) is 6.92 Å². The second kappa shape index (κ2) is 4.02. The van der Waals surface area contributed by atoms with Gasteiger partial charge in [0.25, 0.3) is 0 Å². The maximum atomic E-state index is 8.72. The van der Waals surface area contributed by atoms with Crippen LogP contribution in [0, 0.1) is 6.92 Å². The third kappa shape index (κ3) is 1.85. The molecule has 0 aliphatic heterocycles. The number of aryl methyl sites for hydroxylation is 1. The molecule has 12 heavy (non-hydrogen) atoms. The zero-order chi connectivity index (χ0) is 9.14. The van der Waals surface area contributed by atoms with Crippen LogP contribution in [-0.2, 0) is 6.54 Å². The van der Waals surface area contributed by atoms with E-state index in [1.54, 1.807) is 10.9 Å². The Morgan fingerprint density at radius 1 is 1.83 bits per heavy atom. The molecule has 0 spiro atoms. The van der Waals surface area contributed by atoms with Gasteiger partial charge in [0.15, 0.2) is 0 Å². The Labute approximate surface area is 81.8 Å². The maximum absolute atomic E-state index is 8.72. The molecule has 5 heteroatoms. The fourth-order valence-electron chi connectivity index (χ4n) is 1.04. The fraction of sp³-hybridized carbons (Fsp3) is 0.429. The third-order valence-corrected chi connectivity index (χ3v) is 1.97. The monoisotopic (exact) mass is 202 g/mol. The quantitative estimate of drug-likeness (QED) is 0.562. The number of thiol groups is 1. The minimum absolute atomic E-state index is 0.0825. The van der Waals surface area contributed by atoms with Gasteiger partial charge in [0.2, 0.25) is 0 Å². The van der Waals surface area contributed by atoms with E-state index >= 15 is 0 Å². The third-order valence-electron chi connectivity index (χ3n) is 1.56. The van der Waals surface area contributed by atoms with E-state index in [0.717, 1.165) is 11.4 Å². The molecule has 0 saturated carbocycles. The van der Waals surface area contributed by atoms with Crippen molar-refractivity contribution < 1.29 is 5.11 Å². The lowest BCUT2D eigenvalue weighted by molar-refractivity contribution is 0.276. The van der Waals surface area contributed by atoms with Gasteiger partial charge in [-0.1, -0.05) is 12.2 Å². The summed E-state index contributed by atoms with van der Waals surface area (Å²) < 4.78 is 2.31. The lowest BCUT2D eigenvalue weighted by Gasteiger charge is -2.04. The van der Waals surface area contributed by atoms with Crippen molar-refractivity contribution in [1.82, 2.24) is 9.55 Å². The molecule has 1 rings (SSSR count). The van der Waals surface area contributed by atoms with Gasteiger partial charge in [-0.25, -0.2) is 4.98 Å². The normalized spacial score (nSPS) is 10.2. The van der Waals surface area contributed by atoms with Gasteiger partial charge < -0.3 is 9.67 Å². The largest absolute Gasteiger partial charge is 0.395 e. The van der Waals surface area contributed by atoms with Crippen LogP contribution < -0.4 is 0 Å². The van der Waals surface area contributed by atoms with Gasteiger partial charge in [-0.15, -0.1) is 12.6 Å². The molecule has 1 aromatic heterocycles. The lowest BCUT2D eigenvalue weighted by Crippen LogP contribution is -2.07. The zero-order valence-corrected chi connectivity index (χ0v) is 8.40. The first-order chi connectivity index (χ1) is 5.66. The summed E-state index contributed by atoms with van der Waals surface area (Å²) >= 11 is 9.00. The molecule has 0 amide bonds. The number of hydrogen-bond acceptors (Lipinski definition) is 3. The van der Waals surface area contributed by atoms with Gasteiger partial charge in [0, 0.05) is 6.54 Å². The van der Waals surface area contributed by atoms with E-state index in [9.17, 15) is 0 Å². The van der Waals surface area contributed by atoms with Gasteiger partial charge in [0.1, 0.15) is 0 Å². The average Bonchev–Trinajstić information content (AvgIpc) is 2.32. The number of aromatic nitrogens is 2. The molecule has 3 nitrogen and oxygen atoms in total. The molecule has 0 aliphatic carbocycles. The molecule has 66 valence electrons. The second-order valence-electron chi connectivity index (χ2n) is 2.40. The molecule has 1 N–H and O–H groups in total. The van der Waals surface area contributed by atoms with Gasteiger partial charge >= 0.3 is 0 Å². The number of imidazole rings is 1. The Hall–Kier alpha value is -0.390. The van der Waals surface area contributed by atoms with Crippen LogP contribution in [0.1, 0.15) is 11.4 Å². The first kappa shape index (κ1) is 9.70. The number of nitrogens with zero attached hydrogens (tertiary/aromatic N) is 2. The highest BCUT2D eigenvalue weighted by Gasteiger charge is 2.08. The summed E-state index contributed by atoms with van der Waals surface area (Å²) in [5, 5.41) is 8.72. The number of thiocarbonyl (C=S) groups is 1. The Kier molecular flexibility index (Phi) is 3.25. The maximum Gasteiger partial charge on any atom is 0.0955 e. The number of rotatable bonds is 3. The number of aliphatic hydroxyl groups excluding tert-OH is 1. The topological polar surface area (TPSA) is 38.0 Å². The van der Waals surface area contributed by atoms with Crippen LogP contribution in [0.25, 0.3) is 0 Å². The summed E-state index contributed by atoms with van der Waals surface area (Å²) in [6, 6.07) is 0. The minimum atomic E-state index is 0.0825. The van der Waals surface area contributed by atoms with E-state index in [1.807, 2.05) is 6.92 Å². The Morgan fingerprint density at radius 3 is 3.00 bits per heavy atom. The highest BCUT2D eigenvalue weighted by molar-refractivity contribution is 8.11. The number of hydrogen-bond donors (Lipinski definition) is 2. The average molecular weight is 202 g/mol. The molecule has 0 bridgehead atoms. The molecule has 0 atom stereocenters. The minimum Gasteiger partial charge on any atom is -0.395 e. The van der Waals surface area contributed by atoms with Gasteiger partial charge in [0.05, 0.1) is 28.5 Å². The first-order valence-electron chi connectivity index (χ1n) is 3.52. The van der Waals surface area contributed by atoms with Crippen molar-refractivity contribution in [2.24, 2.45) is 0 Å². The smallest absolute Gasteiger partial charge is 0.0955 e. The van der Waals surface area contributed by atoms with Crippen molar-refractivity contribution in [1.29, 1.82) is 0 Å². The molecule has 0 saturated heterocycles. The summed E-state index contributed by atoms with van der Waals surface area (Å²) in [5.41, 5.74) is 1.67. The first-order valence-corrected chi connectivity index (χ1v) is 4.38. The second-order valence-corrected chi connectivity index (χ2v) is 3.56. The van der Waals surface area contributed by atoms with E-state index in [2.05, 4.69) is 17.6 Å². The van der Waals surface area contributed by atoms with Crippen LogP contribution in [0.4, 0.5) is 0 Å². The SMILES string of the molecule is Cc1ncn(CCO)c1C(=S)S. The summed E-state index contributed by atoms with van der Waals surface area (Å²) in [4.78, 5) is 4.07. The predicted octanol–water partition coefficient (Wildman–Crippen LogP) is 0.789. The van der Waals surface area contributed by atoms with Crippen LogP contribution >= 0.6 is 24.8 Å². The molecule has 0 radical (unpaired) electrons. The van der Waals surface area contributed by atoms with Gasteiger partial charge in [-0.2, -0.15) is 0 Å². The molecular weight excluding hydrogens is 192 g/mol. The molecular formula is C7H10N2OS2. The lowest BCUT2D eigenvalue weighted by atomic mass is 10.4. The Morgan fingerprint density at radius 2 is 2.50 bits per heavy atom.